The van der Waals surface area contributed by atoms with Gasteiger partial charge >= 0.3 is 0 Å². The van der Waals surface area contributed by atoms with E-state index in [-0.39, 0.29) is 11.5 Å². The molecule has 1 aromatic rings. The lowest BCUT2D eigenvalue weighted by Crippen LogP contribution is -2.08. The Balaban J connectivity index is 2.70. The molecule has 0 fully saturated rings. The van der Waals surface area contributed by atoms with Crippen molar-refractivity contribution >= 4 is 5.78 Å². The van der Waals surface area contributed by atoms with Gasteiger partial charge in [-0.3, -0.25) is 4.79 Å². The second kappa shape index (κ2) is 6.24. The highest BCUT2D eigenvalue weighted by atomic mass is 16.3. The summed E-state index contributed by atoms with van der Waals surface area (Å²) in [4.78, 5) is 11.9. The molecule has 0 saturated heterocycles. The van der Waals surface area contributed by atoms with E-state index >= 15 is 0 Å². The molecule has 1 N–H and O–H groups in total. The van der Waals surface area contributed by atoms with E-state index in [0.717, 1.165) is 5.56 Å². The molecular formula is C15H20O2. The number of aliphatic hydroxyl groups excluding tert-OH is 1. The molecule has 0 aromatic heterocycles. The Labute approximate surface area is 103 Å². The number of carbonyl (C=O) groups excluding carboxylic acids is 1. The number of hydrogen-bond donors (Lipinski definition) is 1. The highest BCUT2D eigenvalue weighted by Crippen LogP contribution is 2.14. The molecule has 0 spiro atoms. The number of allylic oxidation sites excluding steroid dienone is 2. The molecule has 0 saturated carbocycles. The van der Waals surface area contributed by atoms with Crippen molar-refractivity contribution in [3.8, 4) is 0 Å². The summed E-state index contributed by atoms with van der Waals surface area (Å²) in [6, 6.07) is 9.59. The van der Waals surface area contributed by atoms with Gasteiger partial charge in [0.05, 0.1) is 5.76 Å². The molecule has 0 atom stereocenters. The van der Waals surface area contributed by atoms with Crippen molar-refractivity contribution in [1.29, 1.82) is 0 Å². The first-order valence-corrected chi connectivity index (χ1v) is 5.96. The predicted molar refractivity (Wildman–Crippen MR) is 69.9 cm³/mol. The van der Waals surface area contributed by atoms with Crippen LogP contribution in [0.5, 0.6) is 0 Å². The maximum atomic E-state index is 11.9. The third-order valence-corrected chi connectivity index (χ3v) is 2.66. The summed E-state index contributed by atoms with van der Waals surface area (Å²) >= 11 is 0. The van der Waals surface area contributed by atoms with Gasteiger partial charge in [-0.15, -0.1) is 0 Å². The van der Waals surface area contributed by atoms with Crippen molar-refractivity contribution in [2.45, 2.75) is 33.6 Å². The quantitative estimate of drug-likeness (QED) is 0.621. The molecule has 17 heavy (non-hydrogen) atoms. The summed E-state index contributed by atoms with van der Waals surface area (Å²) in [6.45, 7) is 5.74. The summed E-state index contributed by atoms with van der Waals surface area (Å²) in [5, 5.41) is 9.80. The van der Waals surface area contributed by atoms with Gasteiger partial charge in [-0.1, -0.05) is 44.2 Å². The van der Waals surface area contributed by atoms with Crippen LogP contribution < -0.4 is 0 Å². The third kappa shape index (κ3) is 4.43. The van der Waals surface area contributed by atoms with E-state index in [1.807, 2.05) is 44.2 Å². The van der Waals surface area contributed by atoms with Gasteiger partial charge < -0.3 is 5.11 Å². The van der Waals surface area contributed by atoms with Crippen molar-refractivity contribution in [2.24, 2.45) is 5.92 Å². The molecule has 1 rings (SSSR count). The number of Topliss-reactive ketones (excluding diaryl/α,β-unsaturated/α-hetero) is 1. The molecule has 92 valence electrons. The van der Waals surface area contributed by atoms with Gasteiger partial charge in [0, 0.05) is 18.4 Å². The Hall–Kier alpha value is -1.57. The van der Waals surface area contributed by atoms with Crippen molar-refractivity contribution in [1.82, 2.24) is 0 Å². The second-order valence-electron chi connectivity index (χ2n) is 4.76. The fourth-order valence-corrected chi connectivity index (χ4v) is 1.61. The van der Waals surface area contributed by atoms with E-state index in [2.05, 4.69) is 0 Å². The molecule has 0 aliphatic rings. The average Bonchev–Trinajstić information content (AvgIpc) is 2.28. The smallest absolute Gasteiger partial charge is 0.166 e. The predicted octanol–water partition coefficient (Wildman–Crippen LogP) is 3.68. The van der Waals surface area contributed by atoms with Gasteiger partial charge in [-0.2, -0.15) is 0 Å². The Bertz CT molecular complexity index is 402. The first-order chi connectivity index (χ1) is 8.00. The van der Waals surface area contributed by atoms with Crippen LogP contribution in [0.25, 0.3) is 0 Å². The van der Waals surface area contributed by atoms with Crippen molar-refractivity contribution < 1.29 is 9.90 Å². The fraction of sp³-hybridized carbons (Fsp3) is 0.400. The summed E-state index contributed by atoms with van der Waals surface area (Å²) in [6.07, 6.45) is 0.918. The highest BCUT2D eigenvalue weighted by molar-refractivity contribution is 5.96. The normalized spacial score (nSPS) is 12.5. The SMILES string of the molecule is C/C(C(=O)Cc1ccccc1)=C(/O)CC(C)C. The van der Waals surface area contributed by atoms with Crippen LogP contribution in [0.4, 0.5) is 0 Å². The standard InChI is InChI=1S/C15H20O2/c1-11(2)9-14(16)12(3)15(17)10-13-7-5-4-6-8-13/h4-8,11,16H,9-10H2,1-3H3/b14-12-. The fourth-order valence-electron chi connectivity index (χ4n) is 1.61. The van der Waals surface area contributed by atoms with E-state index in [9.17, 15) is 9.90 Å². The van der Waals surface area contributed by atoms with Crippen LogP contribution in [-0.2, 0) is 11.2 Å². The van der Waals surface area contributed by atoms with Crippen LogP contribution in [0.15, 0.2) is 41.7 Å². The minimum Gasteiger partial charge on any atom is -0.512 e. The summed E-state index contributed by atoms with van der Waals surface area (Å²) in [7, 11) is 0. The first kappa shape index (κ1) is 13.5. The van der Waals surface area contributed by atoms with Crippen molar-refractivity contribution in [2.75, 3.05) is 0 Å². The average molecular weight is 232 g/mol. The van der Waals surface area contributed by atoms with Gasteiger partial charge in [0.1, 0.15) is 0 Å². The zero-order chi connectivity index (χ0) is 12.8. The number of ketones is 1. The number of benzene rings is 1. The Kier molecular flexibility index (Phi) is 4.95. The lowest BCUT2D eigenvalue weighted by molar-refractivity contribution is -0.115. The monoisotopic (exact) mass is 232 g/mol. The first-order valence-electron chi connectivity index (χ1n) is 5.96. The van der Waals surface area contributed by atoms with Crippen LogP contribution in [0, 0.1) is 5.92 Å². The number of carbonyl (C=O) groups is 1. The Morgan fingerprint density at radius 2 is 1.82 bits per heavy atom. The maximum absolute atomic E-state index is 11.9. The molecule has 2 heteroatoms. The molecule has 0 heterocycles. The van der Waals surface area contributed by atoms with Crippen LogP contribution in [0.2, 0.25) is 0 Å². The van der Waals surface area contributed by atoms with Crippen LogP contribution >= 0.6 is 0 Å². The van der Waals surface area contributed by atoms with Crippen molar-refractivity contribution in [3.63, 3.8) is 0 Å². The van der Waals surface area contributed by atoms with E-state index in [0.29, 0.717) is 24.3 Å². The van der Waals surface area contributed by atoms with E-state index in [4.69, 9.17) is 0 Å². The lowest BCUT2D eigenvalue weighted by atomic mass is 10.00. The maximum Gasteiger partial charge on any atom is 0.166 e. The molecule has 0 unspecified atom stereocenters. The molecule has 1 aromatic carbocycles. The van der Waals surface area contributed by atoms with Gasteiger partial charge in [0.2, 0.25) is 0 Å². The van der Waals surface area contributed by atoms with Gasteiger partial charge in [0.25, 0.3) is 0 Å². The number of aliphatic hydroxyl groups is 1. The summed E-state index contributed by atoms with van der Waals surface area (Å²) in [5.41, 5.74) is 1.47. The Morgan fingerprint density at radius 1 is 1.24 bits per heavy atom. The lowest BCUT2D eigenvalue weighted by Gasteiger charge is -2.08. The molecule has 0 aliphatic heterocycles. The van der Waals surface area contributed by atoms with Crippen molar-refractivity contribution in [3.05, 3.63) is 47.2 Å². The van der Waals surface area contributed by atoms with E-state index < -0.39 is 0 Å². The minimum absolute atomic E-state index is 0.00523. The van der Waals surface area contributed by atoms with Gasteiger partial charge in [-0.05, 0) is 18.4 Å². The molecule has 0 amide bonds. The summed E-state index contributed by atoms with van der Waals surface area (Å²) in [5.74, 6) is 0.574. The zero-order valence-corrected chi connectivity index (χ0v) is 10.7. The summed E-state index contributed by atoms with van der Waals surface area (Å²) < 4.78 is 0. The number of hydrogen-bond acceptors (Lipinski definition) is 2. The zero-order valence-electron chi connectivity index (χ0n) is 10.7. The molecule has 0 radical (unpaired) electrons. The molecule has 2 nitrogen and oxygen atoms in total. The van der Waals surface area contributed by atoms with Gasteiger partial charge in [-0.25, -0.2) is 0 Å². The molecular weight excluding hydrogens is 212 g/mol. The third-order valence-electron chi connectivity index (χ3n) is 2.66. The van der Waals surface area contributed by atoms with Crippen LogP contribution in [0.3, 0.4) is 0 Å². The minimum atomic E-state index is -0.00523. The van der Waals surface area contributed by atoms with E-state index in [1.165, 1.54) is 0 Å². The number of rotatable bonds is 5. The topological polar surface area (TPSA) is 37.3 Å². The van der Waals surface area contributed by atoms with E-state index in [1.54, 1.807) is 6.92 Å². The largest absolute Gasteiger partial charge is 0.512 e. The van der Waals surface area contributed by atoms with Crippen LogP contribution in [0.1, 0.15) is 32.8 Å². The molecule has 0 aliphatic carbocycles. The molecule has 0 bridgehead atoms. The van der Waals surface area contributed by atoms with Crippen LogP contribution in [-0.4, -0.2) is 10.9 Å². The Morgan fingerprint density at radius 3 is 2.35 bits per heavy atom. The second-order valence-corrected chi connectivity index (χ2v) is 4.76. The van der Waals surface area contributed by atoms with Gasteiger partial charge in [0.15, 0.2) is 5.78 Å². The highest BCUT2D eigenvalue weighted by Gasteiger charge is 2.11.